The van der Waals surface area contributed by atoms with Crippen molar-refractivity contribution in [3.63, 3.8) is 0 Å². The largest absolute Gasteiger partial charge is 0.389 e. The van der Waals surface area contributed by atoms with Crippen LogP contribution in [0.15, 0.2) is 24.3 Å². The fraction of sp³-hybridized carbons (Fsp3) is 0.571. The van der Waals surface area contributed by atoms with Crippen molar-refractivity contribution < 1.29 is 5.11 Å². The Hall–Kier alpha value is -0.860. The molecule has 2 heteroatoms. The second kappa shape index (κ2) is 4.56. The molecule has 0 amide bonds. The molecule has 0 bridgehead atoms. The second-order valence-electron chi connectivity index (χ2n) is 5.44. The van der Waals surface area contributed by atoms with E-state index >= 15 is 0 Å². The molecule has 2 nitrogen and oxygen atoms in total. The minimum atomic E-state index is -0.631. The molecule has 16 heavy (non-hydrogen) atoms. The van der Waals surface area contributed by atoms with E-state index < -0.39 is 5.60 Å². The van der Waals surface area contributed by atoms with E-state index in [2.05, 4.69) is 29.6 Å². The van der Waals surface area contributed by atoms with E-state index in [0.717, 1.165) is 12.5 Å². The third-order valence-electron chi connectivity index (χ3n) is 2.89. The summed E-state index contributed by atoms with van der Waals surface area (Å²) in [5.74, 6) is 0.814. The molecule has 88 valence electrons. The maximum atomic E-state index is 9.59. The van der Waals surface area contributed by atoms with Gasteiger partial charge in [0.15, 0.2) is 0 Å². The zero-order chi connectivity index (χ0) is 11.6. The molecule has 1 aromatic rings. The van der Waals surface area contributed by atoms with Gasteiger partial charge in [-0.05, 0) is 43.7 Å². The zero-order valence-corrected chi connectivity index (χ0v) is 10.2. The molecule has 0 aromatic heterocycles. The molecule has 1 fully saturated rings. The maximum Gasteiger partial charge on any atom is 0.0715 e. The lowest BCUT2D eigenvalue weighted by molar-refractivity contribution is 0.0795. The lowest BCUT2D eigenvalue weighted by Gasteiger charge is -2.17. The molecule has 0 atom stereocenters. The van der Waals surface area contributed by atoms with Crippen molar-refractivity contribution in [1.82, 2.24) is 5.32 Å². The lowest BCUT2D eigenvalue weighted by atomic mass is 10.1. The van der Waals surface area contributed by atoms with Gasteiger partial charge in [0.2, 0.25) is 0 Å². The van der Waals surface area contributed by atoms with Crippen molar-refractivity contribution in [3.8, 4) is 0 Å². The molecule has 0 saturated heterocycles. The van der Waals surface area contributed by atoms with Gasteiger partial charge < -0.3 is 10.4 Å². The Morgan fingerprint density at radius 1 is 1.38 bits per heavy atom. The van der Waals surface area contributed by atoms with Crippen molar-refractivity contribution >= 4 is 0 Å². The van der Waals surface area contributed by atoms with Crippen LogP contribution in [0.25, 0.3) is 0 Å². The molecule has 1 saturated carbocycles. The highest BCUT2D eigenvalue weighted by molar-refractivity contribution is 5.29. The van der Waals surface area contributed by atoms with Gasteiger partial charge in [0, 0.05) is 13.1 Å². The first-order valence-corrected chi connectivity index (χ1v) is 6.06. The van der Waals surface area contributed by atoms with Gasteiger partial charge in [0.25, 0.3) is 0 Å². The standard InChI is InChI=1S/C14H21NO/c1-14(2,16)10-15-9-11-4-3-5-13(8-11)12-6-7-12/h3-5,8,12,15-16H,6-7,9-10H2,1-2H3. The summed E-state index contributed by atoms with van der Waals surface area (Å²) in [7, 11) is 0. The summed E-state index contributed by atoms with van der Waals surface area (Å²) < 4.78 is 0. The van der Waals surface area contributed by atoms with Gasteiger partial charge in [-0.25, -0.2) is 0 Å². The lowest BCUT2D eigenvalue weighted by Crippen LogP contribution is -2.34. The molecule has 1 aliphatic carbocycles. The Labute approximate surface area is 97.7 Å². The SMILES string of the molecule is CC(C)(O)CNCc1cccc(C2CC2)c1. The zero-order valence-electron chi connectivity index (χ0n) is 10.2. The number of aliphatic hydroxyl groups is 1. The highest BCUT2D eigenvalue weighted by Crippen LogP contribution is 2.40. The molecule has 0 aliphatic heterocycles. The van der Waals surface area contributed by atoms with Gasteiger partial charge in [-0.15, -0.1) is 0 Å². The van der Waals surface area contributed by atoms with Gasteiger partial charge in [-0.2, -0.15) is 0 Å². The van der Waals surface area contributed by atoms with Crippen molar-refractivity contribution in [2.75, 3.05) is 6.54 Å². The summed E-state index contributed by atoms with van der Waals surface area (Å²) in [4.78, 5) is 0. The van der Waals surface area contributed by atoms with Crippen LogP contribution in [0.2, 0.25) is 0 Å². The Bertz CT molecular complexity index is 350. The summed E-state index contributed by atoms with van der Waals surface area (Å²) in [5, 5.41) is 12.9. The average molecular weight is 219 g/mol. The van der Waals surface area contributed by atoms with Gasteiger partial charge in [0.05, 0.1) is 5.60 Å². The first-order chi connectivity index (χ1) is 7.54. The minimum Gasteiger partial charge on any atom is -0.389 e. The third kappa shape index (κ3) is 3.62. The normalized spacial score (nSPS) is 16.4. The van der Waals surface area contributed by atoms with E-state index in [1.807, 2.05) is 13.8 Å². The van der Waals surface area contributed by atoms with Crippen LogP contribution < -0.4 is 5.32 Å². The van der Waals surface area contributed by atoms with E-state index in [0.29, 0.717) is 6.54 Å². The Morgan fingerprint density at radius 2 is 2.12 bits per heavy atom. The summed E-state index contributed by atoms with van der Waals surface area (Å²) in [6.07, 6.45) is 2.70. The predicted octanol–water partition coefficient (Wildman–Crippen LogP) is 2.42. The number of nitrogens with one attached hydrogen (secondary N) is 1. The highest BCUT2D eigenvalue weighted by Gasteiger charge is 2.23. The van der Waals surface area contributed by atoms with E-state index in [-0.39, 0.29) is 0 Å². The van der Waals surface area contributed by atoms with E-state index in [1.54, 1.807) is 0 Å². The van der Waals surface area contributed by atoms with E-state index in [4.69, 9.17) is 0 Å². The molecular weight excluding hydrogens is 198 g/mol. The summed E-state index contributed by atoms with van der Waals surface area (Å²) >= 11 is 0. The van der Waals surface area contributed by atoms with Crippen molar-refractivity contribution in [2.45, 2.75) is 44.8 Å². The van der Waals surface area contributed by atoms with Crippen molar-refractivity contribution in [3.05, 3.63) is 35.4 Å². The highest BCUT2D eigenvalue weighted by atomic mass is 16.3. The molecule has 1 aromatic carbocycles. The molecule has 2 N–H and O–H groups in total. The van der Waals surface area contributed by atoms with Crippen LogP contribution in [0.1, 0.15) is 43.7 Å². The number of benzene rings is 1. The summed E-state index contributed by atoms with van der Waals surface area (Å²) in [6, 6.07) is 8.78. The molecule has 0 unspecified atom stereocenters. The molecule has 0 heterocycles. The van der Waals surface area contributed by atoms with Crippen molar-refractivity contribution in [1.29, 1.82) is 0 Å². The summed E-state index contributed by atoms with van der Waals surface area (Å²) in [6.45, 7) is 5.10. The van der Waals surface area contributed by atoms with Gasteiger partial charge in [-0.1, -0.05) is 24.3 Å². The molecule has 0 spiro atoms. The van der Waals surface area contributed by atoms with Gasteiger partial charge >= 0.3 is 0 Å². The monoisotopic (exact) mass is 219 g/mol. The van der Waals surface area contributed by atoms with E-state index in [1.165, 1.54) is 24.0 Å². The van der Waals surface area contributed by atoms with Crippen molar-refractivity contribution in [2.24, 2.45) is 0 Å². The molecule has 2 rings (SSSR count). The molecule has 0 radical (unpaired) electrons. The van der Waals surface area contributed by atoms with Crippen LogP contribution in [0, 0.1) is 0 Å². The van der Waals surface area contributed by atoms with Crippen LogP contribution in [0.5, 0.6) is 0 Å². The topological polar surface area (TPSA) is 32.3 Å². The Balaban J connectivity index is 1.86. The average Bonchev–Trinajstić information content (AvgIpc) is 2.99. The Kier molecular flexibility index (Phi) is 3.31. The van der Waals surface area contributed by atoms with Crippen LogP contribution in [-0.2, 0) is 6.54 Å². The van der Waals surface area contributed by atoms with E-state index in [9.17, 15) is 5.11 Å². The van der Waals surface area contributed by atoms with Crippen LogP contribution >= 0.6 is 0 Å². The first kappa shape index (κ1) is 11.6. The first-order valence-electron chi connectivity index (χ1n) is 6.06. The number of rotatable bonds is 5. The quantitative estimate of drug-likeness (QED) is 0.797. The minimum absolute atomic E-state index is 0.626. The molecular formula is C14H21NO. The van der Waals surface area contributed by atoms with Crippen LogP contribution in [0.3, 0.4) is 0 Å². The summed E-state index contributed by atoms with van der Waals surface area (Å²) in [5.41, 5.74) is 2.16. The predicted molar refractivity (Wildman–Crippen MR) is 66.4 cm³/mol. The number of hydrogen-bond acceptors (Lipinski definition) is 2. The van der Waals surface area contributed by atoms with Crippen LogP contribution in [-0.4, -0.2) is 17.3 Å². The van der Waals surface area contributed by atoms with Crippen LogP contribution in [0.4, 0.5) is 0 Å². The maximum absolute atomic E-state index is 9.59. The molecule has 1 aliphatic rings. The smallest absolute Gasteiger partial charge is 0.0715 e. The van der Waals surface area contributed by atoms with Gasteiger partial charge in [-0.3, -0.25) is 0 Å². The fourth-order valence-corrected chi connectivity index (χ4v) is 1.89. The Morgan fingerprint density at radius 3 is 2.75 bits per heavy atom. The number of hydrogen-bond donors (Lipinski definition) is 2. The fourth-order valence-electron chi connectivity index (χ4n) is 1.89. The third-order valence-corrected chi connectivity index (χ3v) is 2.89. The van der Waals surface area contributed by atoms with Gasteiger partial charge in [0.1, 0.15) is 0 Å². The second-order valence-corrected chi connectivity index (χ2v) is 5.44.